The van der Waals surface area contributed by atoms with Crippen molar-refractivity contribution in [3.63, 3.8) is 0 Å². The Kier molecular flexibility index (Phi) is 6.34. The van der Waals surface area contributed by atoms with E-state index in [1.807, 2.05) is 0 Å². The van der Waals surface area contributed by atoms with Gasteiger partial charge in [0.05, 0.1) is 0 Å². The fourth-order valence-corrected chi connectivity index (χ4v) is 0.512. The van der Waals surface area contributed by atoms with Crippen molar-refractivity contribution in [1.82, 2.24) is 0 Å². The molecule has 0 aromatic rings. The van der Waals surface area contributed by atoms with Gasteiger partial charge in [0.15, 0.2) is 0 Å². The van der Waals surface area contributed by atoms with Gasteiger partial charge in [-0.2, -0.15) is 0 Å². The van der Waals surface area contributed by atoms with Crippen molar-refractivity contribution in [1.29, 1.82) is 0 Å². The molecule has 0 heterocycles. The van der Waals surface area contributed by atoms with E-state index in [-0.39, 0.29) is 37.7 Å². The van der Waals surface area contributed by atoms with Crippen LogP contribution in [-0.4, -0.2) is 76.5 Å². The van der Waals surface area contributed by atoms with Crippen molar-refractivity contribution >= 4 is 49.5 Å². The van der Waals surface area contributed by atoms with Crippen LogP contribution in [-0.2, 0) is 9.59 Å². The van der Waals surface area contributed by atoms with E-state index in [2.05, 4.69) is 0 Å². The minimum atomic E-state index is -2.49. The number of aliphatic hydroxyl groups excluding tert-OH is 1. The summed E-state index contributed by atoms with van der Waals surface area (Å²) in [5, 5.41) is 25.8. The van der Waals surface area contributed by atoms with Gasteiger partial charge in [-0.1, -0.05) is 0 Å². The summed E-state index contributed by atoms with van der Waals surface area (Å²) in [6, 6.07) is 0. The molecular formula is C6H12CaO5. The summed E-state index contributed by atoms with van der Waals surface area (Å²) in [4.78, 5) is 20.9. The average Bonchev–Trinajstić information content (AvgIpc) is 1.85. The van der Waals surface area contributed by atoms with Crippen LogP contribution in [0.15, 0.2) is 0 Å². The molecule has 68 valence electrons. The summed E-state index contributed by atoms with van der Waals surface area (Å²) in [6.07, 6.45) is -1.47. The van der Waals surface area contributed by atoms with Gasteiger partial charge in [0.1, 0.15) is 6.10 Å². The summed E-state index contributed by atoms with van der Waals surface area (Å²) < 4.78 is 0. The normalized spacial score (nSPS) is 17.0. The summed E-state index contributed by atoms with van der Waals surface area (Å²) in [6.45, 7) is 1.92. The molecule has 0 bridgehead atoms. The Morgan fingerprint density at radius 3 is 1.83 bits per heavy atom. The van der Waals surface area contributed by atoms with Crippen LogP contribution in [0.2, 0.25) is 0 Å². The monoisotopic (exact) mass is 204 g/mol. The van der Waals surface area contributed by atoms with Crippen molar-refractivity contribution in [2.75, 3.05) is 0 Å². The summed E-state index contributed by atoms with van der Waals surface area (Å²) in [5.74, 6) is -2.78. The van der Waals surface area contributed by atoms with Crippen LogP contribution in [0.25, 0.3) is 0 Å². The molecule has 0 fully saturated rings. The molecular weight excluding hydrogens is 192 g/mol. The Balaban J connectivity index is 0. The molecule has 2 atom stereocenters. The molecule has 0 rings (SSSR count). The molecule has 3 N–H and O–H groups in total. The Hall–Kier alpha value is 0.320. The van der Waals surface area contributed by atoms with E-state index in [4.69, 9.17) is 15.3 Å². The second kappa shape index (κ2) is 5.14. The molecule has 0 aliphatic carbocycles. The van der Waals surface area contributed by atoms with Crippen LogP contribution in [0.5, 0.6) is 0 Å². The van der Waals surface area contributed by atoms with Crippen molar-refractivity contribution in [2.45, 2.75) is 25.6 Å². The topological polar surface area (TPSA) is 94.8 Å². The number of rotatable bonds is 3. The molecule has 5 nitrogen and oxygen atoms in total. The van der Waals surface area contributed by atoms with Crippen molar-refractivity contribution in [3.05, 3.63) is 0 Å². The van der Waals surface area contributed by atoms with Gasteiger partial charge >= 0.3 is 43.7 Å². The zero-order chi connectivity index (χ0) is 9.23. The quantitative estimate of drug-likeness (QED) is 0.360. The van der Waals surface area contributed by atoms with Crippen LogP contribution in [0.4, 0.5) is 0 Å². The zero-order valence-electron chi connectivity index (χ0n) is 6.24. The number of ketones is 1. The SMILES string of the molecule is CC(O)C(=O)C(C)(O)C(=O)O.[CaH2]. The fraction of sp³-hybridized carbons (Fsp3) is 0.667. The van der Waals surface area contributed by atoms with Gasteiger partial charge in [-0.3, -0.25) is 4.79 Å². The number of carboxylic acid groups (broad SMARTS) is 1. The zero-order valence-corrected chi connectivity index (χ0v) is 6.24. The number of hydrogen-bond acceptors (Lipinski definition) is 4. The van der Waals surface area contributed by atoms with Gasteiger partial charge in [0, 0.05) is 0 Å². The first-order valence-electron chi connectivity index (χ1n) is 2.98. The van der Waals surface area contributed by atoms with Crippen LogP contribution < -0.4 is 0 Å². The molecule has 0 aliphatic heterocycles. The number of carbonyl (C=O) groups excluding carboxylic acids is 1. The molecule has 0 aliphatic rings. The number of carbonyl (C=O) groups is 2. The molecule has 12 heavy (non-hydrogen) atoms. The molecule has 2 unspecified atom stereocenters. The predicted octanol–water partition coefficient (Wildman–Crippen LogP) is -2.14. The maximum absolute atomic E-state index is 10.7. The van der Waals surface area contributed by atoms with Gasteiger partial charge in [-0.05, 0) is 13.8 Å². The molecule has 0 saturated carbocycles. The third-order valence-electron chi connectivity index (χ3n) is 1.28. The van der Waals surface area contributed by atoms with Crippen LogP contribution in [0.3, 0.4) is 0 Å². The molecule has 0 aromatic heterocycles. The average molecular weight is 204 g/mol. The van der Waals surface area contributed by atoms with Crippen molar-refractivity contribution < 1.29 is 24.9 Å². The standard InChI is InChI=1S/C6H10O5.Ca.2H/c1-3(7)4(8)6(2,11)5(9)10;;;/h3,7,11H,1-2H3,(H,9,10);;;. The third kappa shape index (κ3) is 3.37. The Morgan fingerprint density at radius 1 is 1.42 bits per heavy atom. The molecule has 6 heteroatoms. The molecule has 0 radical (unpaired) electrons. The number of carboxylic acids is 1. The van der Waals surface area contributed by atoms with Gasteiger partial charge in [0.2, 0.25) is 11.4 Å². The number of aliphatic carboxylic acids is 1. The Labute approximate surface area is 99.4 Å². The Bertz CT molecular complexity index is 186. The second-order valence-corrected chi connectivity index (χ2v) is 2.42. The van der Waals surface area contributed by atoms with Crippen molar-refractivity contribution in [2.24, 2.45) is 0 Å². The van der Waals surface area contributed by atoms with E-state index in [0.717, 1.165) is 13.8 Å². The van der Waals surface area contributed by atoms with Gasteiger partial charge in [-0.25, -0.2) is 4.79 Å². The van der Waals surface area contributed by atoms with Gasteiger partial charge in [0.25, 0.3) is 0 Å². The first-order valence-corrected chi connectivity index (χ1v) is 2.98. The van der Waals surface area contributed by atoms with Crippen molar-refractivity contribution in [3.8, 4) is 0 Å². The van der Waals surface area contributed by atoms with E-state index in [0.29, 0.717) is 0 Å². The fourth-order valence-electron chi connectivity index (χ4n) is 0.512. The summed E-state index contributed by atoms with van der Waals surface area (Å²) in [7, 11) is 0. The second-order valence-electron chi connectivity index (χ2n) is 2.42. The third-order valence-corrected chi connectivity index (χ3v) is 1.28. The van der Waals surface area contributed by atoms with E-state index in [1.165, 1.54) is 0 Å². The summed E-state index contributed by atoms with van der Waals surface area (Å²) in [5.41, 5.74) is -2.49. The minimum absolute atomic E-state index is 0. The van der Waals surface area contributed by atoms with E-state index >= 15 is 0 Å². The molecule has 0 saturated heterocycles. The van der Waals surface area contributed by atoms with Crippen LogP contribution in [0.1, 0.15) is 13.8 Å². The molecule has 0 spiro atoms. The number of aliphatic hydroxyl groups is 2. The first kappa shape index (κ1) is 14.8. The van der Waals surface area contributed by atoms with Crippen LogP contribution in [0, 0.1) is 0 Å². The van der Waals surface area contributed by atoms with E-state index in [1.54, 1.807) is 0 Å². The van der Waals surface area contributed by atoms with Crippen LogP contribution >= 0.6 is 0 Å². The van der Waals surface area contributed by atoms with E-state index < -0.39 is 23.5 Å². The van der Waals surface area contributed by atoms with Gasteiger partial charge < -0.3 is 15.3 Å². The first-order chi connectivity index (χ1) is 4.80. The van der Waals surface area contributed by atoms with E-state index in [9.17, 15) is 9.59 Å². The predicted molar refractivity (Wildman–Crippen MR) is 43.5 cm³/mol. The maximum atomic E-state index is 10.7. The summed E-state index contributed by atoms with van der Waals surface area (Å²) >= 11 is 0. The Morgan fingerprint density at radius 2 is 1.75 bits per heavy atom. The number of hydrogen-bond donors (Lipinski definition) is 3. The molecule has 0 amide bonds. The van der Waals surface area contributed by atoms with Gasteiger partial charge in [-0.15, -0.1) is 0 Å². The molecule has 0 aromatic carbocycles. The number of Topliss-reactive ketones (excluding diaryl/α,β-unsaturated/α-hetero) is 1.